The monoisotopic (exact) mass is 421 g/mol. The summed E-state index contributed by atoms with van der Waals surface area (Å²) in [5.41, 5.74) is 2.89. The molecule has 5 nitrogen and oxygen atoms in total. The molecule has 1 amide bonds. The number of para-hydroxylation sites is 1. The van der Waals surface area contributed by atoms with E-state index >= 15 is 0 Å². The highest BCUT2D eigenvalue weighted by Crippen LogP contribution is 2.27. The molecule has 0 atom stereocenters. The normalized spacial score (nSPS) is 10.8. The van der Waals surface area contributed by atoms with E-state index in [0.717, 1.165) is 35.3 Å². The second kappa shape index (κ2) is 9.67. The lowest BCUT2D eigenvalue weighted by Crippen LogP contribution is -2.42. The highest BCUT2D eigenvalue weighted by Gasteiger charge is 2.17. The van der Waals surface area contributed by atoms with Crippen LogP contribution in [-0.2, 0) is 0 Å². The molecular formula is C24H27N3O2S. The maximum absolute atomic E-state index is 13.1. The van der Waals surface area contributed by atoms with Gasteiger partial charge >= 0.3 is 0 Å². The summed E-state index contributed by atoms with van der Waals surface area (Å²) in [5.74, 6) is 0.535. The number of nitrogens with one attached hydrogen (secondary N) is 1. The van der Waals surface area contributed by atoms with Gasteiger partial charge in [-0.2, -0.15) is 0 Å². The lowest BCUT2D eigenvalue weighted by Gasteiger charge is -2.22. The Balaban J connectivity index is 2.03. The van der Waals surface area contributed by atoms with Gasteiger partial charge in [0, 0.05) is 24.0 Å². The average molecular weight is 422 g/mol. The largest absolute Gasteiger partial charge is 0.491 e. The van der Waals surface area contributed by atoms with E-state index in [1.807, 2.05) is 87.2 Å². The van der Waals surface area contributed by atoms with Gasteiger partial charge in [-0.3, -0.25) is 10.1 Å². The Bertz CT molecular complexity index is 1060. The van der Waals surface area contributed by atoms with Gasteiger partial charge in [-0.1, -0.05) is 30.3 Å². The average Bonchev–Trinajstić information content (AvgIpc) is 2.73. The van der Waals surface area contributed by atoms with E-state index in [4.69, 9.17) is 21.9 Å². The first-order valence-electron chi connectivity index (χ1n) is 10.2. The summed E-state index contributed by atoms with van der Waals surface area (Å²) in [6.45, 7) is 9.47. The predicted molar refractivity (Wildman–Crippen MR) is 126 cm³/mol. The van der Waals surface area contributed by atoms with Gasteiger partial charge < -0.3 is 9.64 Å². The Kier molecular flexibility index (Phi) is 7.00. The van der Waals surface area contributed by atoms with Gasteiger partial charge in [0.15, 0.2) is 5.11 Å². The number of carbonyl (C=O) groups excluding carboxylic acids is 1. The molecule has 0 bridgehead atoms. The van der Waals surface area contributed by atoms with Gasteiger partial charge in [-0.25, -0.2) is 4.98 Å². The van der Waals surface area contributed by atoms with Crippen molar-refractivity contribution in [2.45, 2.75) is 33.8 Å². The first kappa shape index (κ1) is 21.7. The van der Waals surface area contributed by atoms with Crippen LogP contribution in [-0.4, -0.2) is 40.1 Å². The molecule has 0 aliphatic rings. The van der Waals surface area contributed by atoms with Crippen LogP contribution >= 0.6 is 12.2 Å². The molecule has 0 radical (unpaired) electrons. The smallest absolute Gasteiger partial charge is 0.258 e. The fourth-order valence-electron chi connectivity index (χ4n) is 3.27. The Morgan fingerprint density at radius 2 is 1.83 bits per heavy atom. The van der Waals surface area contributed by atoms with Crippen molar-refractivity contribution >= 4 is 34.1 Å². The molecule has 0 fully saturated rings. The summed E-state index contributed by atoms with van der Waals surface area (Å²) in [7, 11) is 0. The molecule has 6 heteroatoms. The van der Waals surface area contributed by atoms with Crippen LogP contribution in [0.15, 0.2) is 54.6 Å². The number of rotatable bonds is 6. The molecule has 3 aromatic rings. The molecule has 0 aliphatic heterocycles. The van der Waals surface area contributed by atoms with Gasteiger partial charge in [0.1, 0.15) is 5.75 Å². The maximum atomic E-state index is 13.1. The summed E-state index contributed by atoms with van der Waals surface area (Å²) in [6.07, 6.45) is 0.0761. The van der Waals surface area contributed by atoms with E-state index in [0.29, 0.717) is 16.4 Å². The van der Waals surface area contributed by atoms with Gasteiger partial charge in [-0.05, 0) is 64.2 Å². The highest BCUT2D eigenvalue weighted by molar-refractivity contribution is 7.80. The van der Waals surface area contributed by atoms with Crippen LogP contribution in [0.25, 0.3) is 22.2 Å². The molecule has 30 heavy (non-hydrogen) atoms. The third kappa shape index (κ3) is 4.94. The molecule has 156 valence electrons. The van der Waals surface area contributed by atoms with E-state index in [-0.39, 0.29) is 12.0 Å². The zero-order chi connectivity index (χ0) is 21.7. The number of nitrogens with zero attached hydrogens (tertiary/aromatic N) is 2. The lowest BCUT2D eigenvalue weighted by molar-refractivity contribution is 0.0975. The van der Waals surface area contributed by atoms with Crippen molar-refractivity contribution in [3.8, 4) is 17.0 Å². The molecule has 0 saturated heterocycles. The number of carbonyl (C=O) groups is 1. The van der Waals surface area contributed by atoms with Crippen molar-refractivity contribution in [2.75, 3.05) is 13.1 Å². The fourth-order valence-corrected chi connectivity index (χ4v) is 3.62. The van der Waals surface area contributed by atoms with Crippen LogP contribution in [0.2, 0.25) is 0 Å². The van der Waals surface area contributed by atoms with Crippen molar-refractivity contribution in [2.24, 2.45) is 0 Å². The van der Waals surface area contributed by atoms with Gasteiger partial charge in [0.2, 0.25) is 0 Å². The predicted octanol–water partition coefficient (Wildman–Crippen LogP) is 5.05. The molecule has 0 aliphatic carbocycles. The number of thiocarbonyl (C=S) groups is 1. The molecule has 0 unspecified atom stereocenters. The molecule has 0 saturated carbocycles. The van der Waals surface area contributed by atoms with Crippen LogP contribution in [0.5, 0.6) is 5.75 Å². The second-order valence-corrected chi connectivity index (χ2v) is 7.58. The Hall–Kier alpha value is -2.99. The first-order valence-corrected chi connectivity index (χ1v) is 10.6. The van der Waals surface area contributed by atoms with Crippen LogP contribution < -0.4 is 10.1 Å². The van der Waals surface area contributed by atoms with Crippen molar-refractivity contribution < 1.29 is 9.53 Å². The van der Waals surface area contributed by atoms with Gasteiger partial charge in [0.25, 0.3) is 5.91 Å². The lowest BCUT2D eigenvalue weighted by atomic mass is 10.0. The minimum atomic E-state index is -0.235. The zero-order valence-electron chi connectivity index (χ0n) is 17.8. The number of amides is 1. The van der Waals surface area contributed by atoms with Crippen LogP contribution in [0.3, 0.4) is 0 Å². The molecule has 1 aromatic heterocycles. The van der Waals surface area contributed by atoms with E-state index in [9.17, 15) is 4.79 Å². The Morgan fingerprint density at radius 1 is 1.10 bits per heavy atom. The number of ether oxygens (including phenoxy) is 1. The Morgan fingerprint density at radius 3 is 2.53 bits per heavy atom. The first-order chi connectivity index (χ1) is 14.4. The zero-order valence-corrected chi connectivity index (χ0v) is 18.6. The number of pyridine rings is 1. The number of aromatic nitrogens is 1. The van der Waals surface area contributed by atoms with Crippen molar-refractivity contribution in [1.82, 2.24) is 15.2 Å². The van der Waals surface area contributed by atoms with Crippen LogP contribution in [0.4, 0.5) is 0 Å². The molecule has 3 rings (SSSR count). The topological polar surface area (TPSA) is 54.5 Å². The van der Waals surface area contributed by atoms with Gasteiger partial charge in [-0.15, -0.1) is 0 Å². The Labute approximate surface area is 183 Å². The summed E-state index contributed by atoms with van der Waals surface area (Å²) in [5, 5.41) is 4.09. The standard InChI is InChI=1S/C24H27N3O2S/c1-5-27(6-2)24(30)26-23(28)20-15-22(25-21-13-8-7-12-19(20)21)17-10-9-11-18(14-17)29-16(3)4/h7-16H,5-6H2,1-4H3,(H,26,28,30). The molecule has 2 aromatic carbocycles. The third-order valence-electron chi connectivity index (χ3n) is 4.73. The van der Waals surface area contributed by atoms with Crippen LogP contribution in [0, 0.1) is 0 Å². The minimum Gasteiger partial charge on any atom is -0.491 e. The highest BCUT2D eigenvalue weighted by atomic mass is 32.1. The van der Waals surface area contributed by atoms with E-state index in [1.165, 1.54) is 0 Å². The summed E-state index contributed by atoms with van der Waals surface area (Å²) in [4.78, 5) is 19.8. The number of hydrogen-bond donors (Lipinski definition) is 1. The van der Waals surface area contributed by atoms with E-state index in [1.54, 1.807) is 0 Å². The quantitative estimate of drug-likeness (QED) is 0.565. The molecule has 0 spiro atoms. The summed E-state index contributed by atoms with van der Waals surface area (Å²) >= 11 is 5.42. The number of hydrogen-bond acceptors (Lipinski definition) is 4. The summed E-state index contributed by atoms with van der Waals surface area (Å²) < 4.78 is 5.82. The van der Waals surface area contributed by atoms with Crippen molar-refractivity contribution in [3.05, 3.63) is 60.2 Å². The van der Waals surface area contributed by atoms with Crippen molar-refractivity contribution in [1.29, 1.82) is 0 Å². The fraction of sp³-hybridized carbons (Fsp3) is 0.292. The second-order valence-electron chi connectivity index (χ2n) is 7.20. The molecule has 1 N–H and O–H groups in total. The third-order valence-corrected chi connectivity index (χ3v) is 5.09. The van der Waals surface area contributed by atoms with Crippen LogP contribution in [0.1, 0.15) is 38.1 Å². The minimum absolute atomic E-state index is 0.0761. The maximum Gasteiger partial charge on any atom is 0.258 e. The molecule has 1 heterocycles. The van der Waals surface area contributed by atoms with E-state index in [2.05, 4.69) is 5.32 Å². The SMILES string of the molecule is CCN(CC)C(=S)NC(=O)c1cc(-c2cccc(OC(C)C)c2)nc2ccccc12. The van der Waals surface area contributed by atoms with Crippen molar-refractivity contribution in [3.63, 3.8) is 0 Å². The molecular weight excluding hydrogens is 394 g/mol. The van der Waals surface area contributed by atoms with E-state index < -0.39 is 0 Å². The number of fused-ring (bicyclic) bond motifs is 1. The summed E-state index contributed by atoms with van der Waals surface area (Å²) in [6, 6.07) is 17.2. The number of benzene rings is 2. The van der Waals surface area contributed by atoms with Gasteiger partial charge in [0.05, 0.1) is 22.9 Å².